The number of unbranched alkanes of at least 4 members (excludes halogenated alkanes) is 4. The Hall–Kier alpha value is -0.900. The minimum atomic E-state index is -0.113. The van der Waals surface area contributed by atoms with E-state index >= 15 is 0 Å². The predicted octanol–water partition coefficient (Wildman–Crippen LogP) is 4.05. The molecule has 0 radical (unpaired) electrons. The number of esters is 1. The minimum Gasteiger partial charge on any atom is -0.466 e. The molecule has 0 N–H and O–H groups in total. The smallest absolute Gasteiger partial charge is 0.305 e. The molecule has 0 saturated carbocycles. The summed E-state index contributed by atoms with van der Waals surface area (Å²) in [5, 5.41) is 0. The molecular weight excluding hydrogens is 268 g/mol. The van der Waals surface area contributed by atoms with Crippen molar-refractivity contribution in [1.82, 2.24) is 0 Å². The highest BCUT2D eigenvalue weighted by atomic mass is 16.5. The van der Waals surface area contributed by atoms with Crippen molar-refractivity contribution in [3.8, 4) is 0 Å². The van der Waals surface area contributed by atoms with E-state index in [0.717, 1.165) is 45.1 Å². The summed E-state index contributed by atoms with van der Waals surface area (Å²) in [5.74, 6) is 0.112. The minimum absolute atomic E-state index is 0.0820. The number of hydrogen-bond donors (Lipinski definition) is 0. The Kier molecular flexibility index (Phi) is 11.2. The third-order valence-corrected chi connectivity index (χ3v) is 3.00. The molecule has 4 heteroatoms. The molecule has 0 aromatic heterocycles. The third kappa shape index (κ3) is 17.0. The Morgan fingerprint density at radius 2 is 1.38 bits per heavy atom. The highest BCUT2D eigenvalue weighted by molar-refractivity contribution is 5.75. The first-order chi connectivity index (χ1) is 9.81. The van der Waals surface area contributed by atoms with Crippen LogP contribution in [0.15, 0.2) is 0 Å². The van der Waals surface area contributed by atoms with Crippen LogP contribution in [0.2, 0.25) is 0 Å². The Balaban J connectivity index is 3.29. The van der Waals surface area contributed by atoms with Gasteiger partial charge in [-0.05, 0) is 59.8 Å². The Labute approximate surface area is 129 Å². The van der Waals surface area contributed by atoms with Gasteiger partial charge in [0.1, 0.15) is 5.78 Å². The van der Waals surface area contributed by atoms with Crippen LogP contribution in [0.4, 0.5) is 0 Å². The van der Waals surface area contributed by atoms with E-state index in [9.17, 15) is 9.59 Å². The number of ketones is 1. The molecule has 0 amide bonds. The summed E-state index contributed by atoms with van der Waals surface area (Å²) in [5.41, 5.74) is -0.0820. The summed E-state index contributed by atoms with van der Waals surface area (Å²) in [6, 6.07) is 0. The van der Waals surface area contributed by atoms with Gasteiger partial charge in [0.2, 0.25) is 0 Å². The first kappa shape index (κ1) is 20.1. The molecule has 0 unspecified atom stereocenters. The van der Waals surface area contributed by atoms with Crippen LogP contribution in [0.1, 0.15) is 79.1 Å². The highest BCUT2D eigenvalue weighted by Crippen LogP contribution is 2.09. The van der Waals surface area contributed by atoms with Crippen molar-refractivity contribution in [1.29, 1.82) is 0 Å². The lowest BCUT2D eigenvalue weighted by molar-refractivity contribution is -0.144. The fourth-order valence-corrected chi connectivity index (χ4v) is 1.84. The van der Waals surface area contributed by atoms with E-state index in [1.807, 2.05) is 20.8 Å². The molecular formula is C17H32O4. The van der Waals surface area contributed by atoms with Gasteiger partial charge in [-0.15, -0.1) is 0 Å². The van der Waals surface area contributed by atoms with Crippen LogP contribution >= 0.6 is 0 Å². The fourth-order valence-electron chi connectivity index (χ4n) is 1.84. The summed E-state index contributed by atoms with van der Waals surface area (Å²) in [6.45, 7) is 8.95. The zero-order valence-electron chi connectivity index (χ0n) is 14.2. The molecule has 4 nitrogen and oxygen atoms in total. The van der Waals surface area contributed by atoms with Crippen LogP contribution in [-0.2, 0) is 19.1 Å². The molecule has 0 aromatic carbocycles. The second kappa shape index (κ2) is 11.7. The second-order valence-corrected chi connectivity index (χ2v) is 6.50. The summed E-state index contributed by atoms with van der Waals surface area (Å²) in [4.78, 5) is 22.2. The molecule has 0 atom stereocenters. The van der Waals surface area contributed by atoms with Gasteiger partial charge in [0, 0.05) is 19.4 Å². The second-order valence-electron chi connectivity index (χ2n) is 6.50. The van der Waals surface area contributed by atoms with Crippen LogP contribution in [-0.4, -0.2) is 30.6 Å². The summed E-state index contributed by atoms with van der Waals surface area (Å²) in [7, 11) is 0. The average molecular weight is 300 g/mol. The normalized spacial score (nSPS) is 11.4. The molecule has 0 saturated heterocycles. The molecule has 21 heavy (non-hydrogen) atoms. The van der Waals surface area contributed by atoms with E-state index in [1.54, 1.807) is 6.92 Å². The first-order valence-electron chi connectivity index (χ1n) is 8.10. The number of Topliss-reactive ketones (excluding diaryl/α,β-unsaturated/α-hetero) is 1. The quantitative estimate of drug-likeness (QED) is 0.403. The molecule has 0 aliphatic rings. The zero-order chi connectivity index (χ0) is 16.1. The van der Waals surface area contributed by atoms with Crippen molar-refractivity contribution in [3.05, 3.63) is 0 Å². The molecule has 0 bridgehead atoms. The molecule has 0 aromatic rings. The zero-order valence-corrected chi connectivity index (χ0v) is 14.2. The van der Waals surface area contributed by atoms with Gasteiger partial charge >= 0.3 is 5.97 Å². The number of rotatable bonds is 12. The van der Waals surface area contributed by atoms with Crippen molar-refractivity contribution in [2.75, 3.05) is 13.2 Å². The van der Waals surface area contributed by atoms with Crippen LogP contribution in [0, 0.1) is 0 Å². The molecule has 0 heterocycles. The largest absolute Gasteiger partial charge is 0.466 e. The Bertz CT molecular complexity index is 292. The number of hydrogen-bond acceptors (Lipinski definition) is 4. The standard InChI is InChI=1S/C17H32O4/c1-15(18)11-7-5-9-13-20-16(19)12-8-6-10-14-21-17(2,3)4/h5-14H2,1-4H3. The SMILES string of the molecule is CC(=O)CCCCCOC(=O)CCCCCOC(C)(C)C. The van der Waals surface area contributed by atoms with Gasteiger partial charge in [-0.2, -0.15) is 0 Å². The molecule has 0 rings (SSSR count). The van der Waals surface area contributed by atoms with Gasteiger partial charge in [-0.25, -0.2) is 0 Å². The molecule has 0 fully saturated rings. The van der Waals surface area contributed by atoms with Crippen molar-refractivity contribution < 1.29 is 19.1 Å². The monoisotopic (exact) mass is 300 g/mol. The molecule has 124 valence electrons. The maximum absolute atomic E-state index is 11.5. The van der Waals surface area contributed by atoms with Gasteiger partial charge in [0.05, 0.1) is 12.2 Å². The topological polar surface area (TPSA) is 52.6 Å². The fraction of sp³-hybridized carbons (Fsp3) is 0.882. The lowest BCUT2D eigenvalue weighted by atomic mass is 10.1. The van der Waals surface area contributed by atoms with E-state index in [1.165, 1.54) is 0 Å². The first-order valence-corrected chi connectivity index (χ1v) is 8.10. The molecule has 0 aliphatic carbocycles. The number of carbonyl (C=O) groups excluding carboxylic acids is 2. The summed E-state index contributed by atoms with van der Waals surface area (Å²) < 4.78 is 10.8. The Morgan fingerprint density at radius 3 is 1.95 bits per heavy atom. The van der Waals surface area contributed by atoms with Gasteiger partial charge in [-0.3, -0.25) is 4.79 Å². The van der Waals surface area contributed by atoms with Crippen molar-refractivity contribution in [2.45, 2.75) is 84.7 Å². The Morgan fingerprint density at radius 1 is 0.810 bits per heavy atom. The van der Waals surface area contributed by atoms with E-state index in [0.29, 0.717) is 19.4 Å². The number of ether oxygens (including phenoxy) is 2. The van der Waals surface area contributed by atoms with E-state index in [2.05, 4.69) is 0 Å². The van der Waals surface area contributed by atoms with E-state index in [-0.39, 0.29) is 17.4 Å². The van der Waals surface area contributed by atoms with Crippen molar-refractivity contribution >= 4 is 11.8 Å². The van der Waals surface area contributed by atoms with Crippen molar-refractivity contribution in [2.24, 2.45) is 0 Å². The van der Waals surface area contributed by atoms with Crippen LogP contribution < -0.4 is 0 Å². The van der Waals surface area contributed by atoms with Gasteiger partial charge < -0.3 is 14.3 Å². The van der Waals surface area contributed by atoms with Gasteiger partial charge in [0.25, 0.3) is 0 Å². The third-order valence-electron chi connectivity index (χ3n) is 3.00. The average Bonchev–Trinajstić information content (AvgIpc) is 2.36. The lowest BCUT2D eigenvalue weighted by Crippen LogP contribution is -2.19. The molecule has 0 spiro atoms. The lowest BCUT2D eigenvalue weighted by Gasteiger charge is -2.19. The predicted molar refractivity (Wildman–Crippen MR) is 84.3 cm³/mol. The van der Waals surface area contributed by atoms with Gasteiger partial charge in [-0.1, -0.05) is 6.42 Å². The summed E-state index contributed by atoms with van der Waals surface area (Å²) in [6.07, 6.45) is 6.62. The van der Waals surface area contributed by atoms with Crippen LogP contribution in [0.3, 0.4) is 0 Å². The van der Waals surface area contributed by atoms with Crippen LogP contribution in [0.25, 0.3) is 0 Å². The van der Waals surface area contributed by atoms with Crippen molar-refractivity contribution in [3.63, 3.8) is 0 Å². The number of carbonyl (C=O) groups is 2. The van der Waals surface area contributed by atoms with Gasteiger partial charge in [0.15, 0.2) is 0 Å². The van der Waals surface area contributed by atoms with E-state index < -0.39 is 0 Å². The van der Waals surface area contributed by atoms with Crippen LogP contribution in [0.5, 0.6) is 0 Å². The maximum Gasteiger partial charge on any atom is 0.305 e. The summed E-state index contributed by atoms with van der Waals surface area (Å²) >= 11 is 0. The molecule has 0 aliphatic heterocycles. The van der Waals surface area contributed by atoms with E-state index in [4.69, 9.17) is 9.47 Å². The maximum atomic E-state index is 11.5. The highest BCUT2D eigenvalue weighted by Gasteiger charge is 2.09.